The Morgan fingerprint density at radius 1 is 0.871 bits per heavy atom. The minimum absolute atomic E-state index is 0.192. The highest BCUT2D eigenvalue weighted by atomic mass is 16.5. The van der Waals surface area contributed by atoms with E-state index in [1.54, 1.807) is 54.3 Å². The number of benzene rings is 2. The predicted molar refractivity (Wildman–Crippen MR) is 118 cm³/mol. The van der Waals surface area contributed by atoms with Crippen LogP contribution >= 0.6 is 0 Å². The van der Waals surface area contributed by atoms with Gasteiger partial charge in [0.15, 0.2) is 6.61 Å². The molecule has 1 heterocycles. The Bertz CT molecular complexity index is 1050. The molecule has 2 N–H and O–H groups in total. The minimum Gasteiger partial charge on any atom is -0.497 e. The van der Waals surface area contributed by atoms with Gasteiger partial charge in [-0.15, -0.1) is 0 Å². The molecule has 162 valence electrons. The quantitative estimate of drug-likeness (QED) is 0.579. The van der Waals surface area contributed by atoms with E-state index in [1.807, 2.05) is 26.0 Å². The van der Waals surface area contributed by atoms with Gasteiger partial charge in [0.2, 0.25) is 0 Å². The first-order valence-electron chi connectivity index (χ1n) is 9.62. The molecular formula is C23H25N3O5. The van der Waals surface area contributed by atoms with Crippen molar-refractivity contribution in [2.45, 2.75) is 13.8 Å². The Morgan fingerprint density at radius 2 is 1.52 bits per heavy atom. The fourth-order valence-corrected chi connectivity index (χ4v) is 2.95. The average molecular weight is 423 g/mol. The van der Waals surface area contributed by atoms with Crippen molar-refractivity contribution in [3.8, 4) is 17.2 Å². The van der Waals surface area contributed by atoms with Crippen molar-refractivity contribution >= 4 is 17.5 Å². The summed E-state index contributed by atoms with van der Waals surface area (Å²) in [4.78, 5) is 24.7. The SMILES string of the molecule is COc1ccc(NC(=O)COc2ccc(C(=O)Nn3c(C)ccc3C)cc2)c(OC)c1. The summed E-state index contributed by atoms with van der Waals surface area (Å²) in [5.74, 6) is 0.998. The van der Waals surface area contributed by atoms with Crippen molar-refractivity contribution in [3.63, 3.8) is 0 Å². The van der Waals surface area contributed by atoms with Crippen molar-refractivity contribution < 1.29 is 23.8 Å². The third-order valence-corrected chi connectivity index (χ3v) is 4.65. The van der Waals surface area contributed by atoms with Crippen LogP contribution in [0.5, 0.6) is 17.2 Å². The molecule has 8 heteroatoms. The Hall–Kier alpha value is -3.94. The molecule has 0 spiro atoms. The number of carbonyl (C=O) groups is 2. The average Bonchev–Trinajstić information content (AvgIpc) is 3.10. The molecule has 3 rings (SSSR count). The molecule has 3 aromatic rings. The normalized spacial score (nSPS) is 10.3. The van der Waals surface area contributed by atoms with Crippen molar-refractivity contribution in [2.24, 2.45) is 0 Å². The number of ether oxygens (including phenoxy) is 3. The van der Waals surface area contributed by atoms with Crippen LogP contribution in [0.4, 0.5) is 5.69 Å². The van der Waals surface area contributed by atoms with E-state index in [2.05, 4.69) is 10.7 Å². The number of rotatable bonds is 8. The maximum absolute atomic E-state index is 12.4. The summed E-state index contributed by atoms with van der Waals surface area (Å²) in [5, 5.41) is 2.74. The van der Waals surface area contributed by atoms with Crippen LogP contribution in [0.1, 0.15) is 21.7 Å². The molecule has 1 aromatic heterocycles. The number of anilines is 1. The van der Waals surface area contributed by atoms with Crippen LogP contribution in [0.15, 0.2) is 54.6 Å². The van der Waals surface area contributed by atoms with E-state index in [4.69, 9.17) is 14.2 Å². The zero-order valence-electron chi connectivity index (χ0n) is 17.9. The molecule has 8 nitrogen and oxygen atoms in total. The Labute approximate surface area is 180 Å². The zero-order chi connectivity index (χ0) is 22.4. The first kappa shape index (κ1) is 21.8. The number of hydrogen-bond acceptors (Lipinski definition) is 5. The predicted octanol–water partition coefficient (Wildman–Crippen LogP) is 3.52. The molecule has 0 fully saturated rings. The van der Waals surface area contributed by atoms with E-state index >= 15 is 0 Å². The first-order chi connectivity index (χ1) is 14.9. The van der Waals surface area contributed by atoms with Gasteiger partial charge in [0, 0.05) is 23.0 Å². The Morgan fingerprint density at radius 3 is 2.13 bits per heavy atom. The van der Waals surface area contributed by atoms with Gasteiger partial charge in [0.25, 0.3) is 11.8 Å². The molecule has 0 atom stereocenters. The summed E-state index contributed by atoms with van der Waals surface area (Å²) in [7, 11) is 3.07. The van der Waals surface area contributed by atoms with Gasteiger partial charge in [-0.1, -0.05) is 0 Å². The maximum Gasteiger partial charge on any atom is 0.270 e. The minimum atomic E-state index is -0.344. The van der Waals surface area contributed by atoms with Crippen LogP contribution in [0, 0.1) is 13.8 Å². The summed E-state index contributed by atoms with van der Waals surface area (Å²) in [6.07, 6.45) is 0. The van der Waals surface area contributed by atoms with Gasteiger partial charge in [0.1, 0.15) is 17.2 Å². The highest BCUT2D eigenvalue weighted by molar-refractivity contribution is 6.00. The van der Waals surface area contributed by atoms with E-state index in [0.29, 0.717) is 28.5 Å². The van der Waals surface area contributed by atoms with Crippen LogP contribution in [0.25, 0.3) is 0 Å². The van der Waals surface area contributed by atoms with E-state index in [0.717, 1.165) is 11.4 Å². The number of amides is 2. The van der Waals surface area contributed by atoms with Crippen LogP contribution in [-0.2, 0) is 4.79 Å². The van der Waals surface area contributed by atoms with E-state index in [9.17, 15) is 9.59 Å². The van der Waals surface area contributed by atoms with E-state index in [1.165, 1.54) is 7.11 Å². The molecule has 0 radical (unpaired) electrons. The molecule has 0 aliphatic rings. The molecule has 0 bridgehead atoms. The first-order valence-corrected chi connectivity index (χ1v) is 9.62. The molecule has 31 heavy (non-hydrogen) atoms. The van der Waals surface area contributed by atoms with Gasteiger partial charge in [-0.05, 0) is 62.4 Å². The van der Waals surface area contributed by atoms with E-state index in [-0.39, 0.29) is 18.4 Å². The third kappa shape index (κ3) is 5.36. The molecule has 0 aliphatic heterocycles. The number of hydrogen-bond donors (Lipinski definition) is 2. The topological polar surface area (TPSA) is 90.8 Å². The third-order valence-electron chi connectivity index (χ3n) is 4.65. The number of methoxy groups -OCH3 is 2. The number of aryl methyl sites for hydroxylation is 2. The summed E-state index contributed by atoms with van der Waals surface area (Å²) in [6.45, 7) is 3.63. The highest BCUT2D eigenvalue weighted by Crippen LogP contribution is 2.29. The Kier molecular flexibility index (Phi) is 6.81. The van der Waals surface area contributed by atoms with E-state index < -0.39 is 0 Å². The van der Waals surface area contributed by atoms with Crippen LogP contribution < -0.4 is 25.0 Å². The number of carbonyl (C=O) groups excluding carboxylic acids is 2. The Balaban J connectivity index is 1.55. The smallest absolute Gasteiger partial charge is 0.270 e. The second-order valence-corrected chi connectivity index (χ2v) is 6.82. The van der Waals surface area contributed by atoms with Gasteiger partial charge >= 0.3 is 0 Å². The van der Waals surface area contributed by atoms with Crippen LogP contribution in [0.2, 0.25) is 0 Å². The largest absolute Gasteiger partial charge is 0.497 e. The number of nitrogens with one attached hydrogen (secondary N) is 2. The summed E-state index contributed by atoms with van der Waals surface area (Å²) < 4.78 is 17.7. The fourth-order valence-electron chi connectivity index (χ4n) is 2.95. The standard InChI is InChI=1S/C23H25N3O5/c1-15-5-6-16(2)26(15)25-23(28)17-7-9-18(10-8-17)31-14-22(27)24-20-12-11-19(29-3)13-21(20)30-4/h5-13H,14H2,1-4H3,(H,24,27)(H,25,28). The molecule has 2 aromatic carbocycles. The van der Waals surface area contributed by atoms with Gasteiger partial charge in [-0.25, -0.2) is 0 Å². The summed E-state index contributed by atoms with van der Waals surface area (Å²) in [6, 6.07) is 15.5. The van der Waals surface area contributed by atoms with Crippen molar-refractivity contribution in [2.75, 3.05) is 31.6 Å². The lowest BCUT2D eigenvalue weighted by Crippen LogP contribution is -2.24. The maximum atomic E-state index is 12.4. The molecule has 0 saturated carbocycles. The summed E-state index contributed by atoms with van der Waals surface area (Å²) >= 11 is 0. The van der Waals surface area contributed by atoms with Gasteiger partial charge in [-0.3, -0.25) is 19.7 Å². The van der Waals surface area contributed by atoms with Gasteiger partial charge in [0.05, 0.1) is 19.9 Å². The second-order valence-electron chi connectivity index (χ2n) is 6.82. The molecule has 0 saturated heterocycles. The lowest BCUT2D eigenvalue weighted by molar-refractivity contribution is -0.118. The monoisotopic (exact) mass is 423 g/mol. The lowest BCUT2D eigenvalue weighted by atomic mass is 10.2. The van der Waals surface area contributed by atoms with Crippen LogP contribution in [-0.4, -0.2) is 37.3 Å². The van der Waals surface area contributed by atoms with Crippen molar-refractivity contribution in [3.05, 3.63) is 71.5 Å². The number of nitrogens with zero attached hydrogens (tertiary/aromatic N) is 1. The van der Waals surface area contributed by atoms with Crippen LogP contribution in [0.3, 0.4) is 0 Å². The molecule has 2 amide bonds. The van der Waals surface area contributed by atoms with Crippen molar-refractivity contribution in [1.82, 2.24) is 4.68 Å². The van der Waals surface area contributed by atoms with Gasteiger partial charge in [-0.2, -0.15) is 0 Å². The fraction of sp³-hybridized carbons (Fsp3) is 0.217. The zero-order valence-corrected chi connectivity index (χ0v) is 17.9. The van der Waals surface area contributed by atoms with Gasteiger partial charge < -0.3 is 19.5 Å². The molecule has 0 unspecified atom stereocenters. The molecular weight excluding hydrogens is 398 g/mol. The van der Waals surface area contributed by atoms with Crippen molar-refractivity contribution in [1.29, 1.82) is 0 Å². The lowest BCUT2D eigenvalue weighted by Gasteiger charge is -2.13. The second kappa shape index (κ2) is 9.71. The number of aromatic nitrogens is 1. The highest BCUT2D eigenvalue weighted by Gasteiger charge is 2.11. The molecule has 0 aliphatic carbocycles. The summed E-state index contributed by atoms with van der Waals surface area (Å²) in [5.41, 5.74) is 5.71.